The van der Waals surface area contributed by atoms with Crippen LogP contribution in [0.3, 0.4) is 0 Å². The summed E-state index contributed by atoms with van der Waals surface area (Å²) in [5.74, 6) is 0.239. The van der Waals surface area contributed by atoms with Crippen molar-refractivity contribution in [1.82, 2.24) is 19.5 Å². The molecule has 0 aliphatic heterocycles. The van der Waals surface area contributed by atoms with E-state index in [1.54, 1.807) is 23.0 Å². The van der Waals surface area contributed by atoms with Crippen LogP contribution in [0.1, 0.15) is 5.56 Å². The van der Waals surface area contributed by atoms with E-state index in [9.17, 15) is 5.11 Å². The number of nitrogens with one attached hydrogen (secondary N) is 2. The fourth-order valence-corrected chi connectivity index (χ4v) is 1.87. The number of phenolic OH excluding ortho intramolecular Hbond substituents is 1. The van der Waals surface area contributed by atoms with Crippen LogP contribution in [-0.4, -0.2) is 24.6 Å². The van der Waals surface area contributed by atoms with Crippen molar-refractivity contribution in [1.29, 1.82) is 5.41 Å². The maximum atomic E-state index is 9.75. The first-order valence-electron chi connectivity index (χ1n) is 5.45. The second kappa shape index (κ2) is 3.99. The number of hydrogen-bond donors (Lipinski definition) is 3. The molecule has 1 aromatic carbocycles. The molecule has 18 heavy (non-hydrogen) atoms. The average molecular weight is 241 g/mol. The smallest absolute Gasteiger partial charge is 0.173 e. The maximum absolute atomic E-state index is 9.75. The van der Waals surface area contributed by atoms with Gasteiger partial charge in [0.1, 0.15) is 11.3 Å². The first-order valence-corrected chi connectivity index (χ1v) is 5.45. The summed E-state index contributed by atoms with van der Waals surface area (Å²) in [6.45, 7) is 0.460. The molecule has 0 fully saturated rings. The van der Waals surface area contributed by atoms with Crippen LogP contribution in [0.25, 0.3) is 11.2 Å². The van der Waals surface area contributed by atoms with E-state index in [1.807, 2.05) is 12.1 Å². The number of phenols is 1. The molecule has 0 aliphatic carbocycles. The summed E-state index contributed by atoms with van der Waals surface area (Å²) in [5.41, 5.74) is 2.19. The van der Waals surface area contributed by atoms with Crippen molar-refractivity contribution >= 4 is 11.2 Å². The lowest BCUT2D eigenvalue weighted by Gasteiger charge is -2.08. The number of rotatable bonds is 2. The Balaban J connectivity index is 2.11. The van der Waals surface area contributed by atoms with Crippen molar-refractivity contribution in [3.63, 3.8) is 0 Å². The minimum Gasteiger partial charge on any atom is -0.508 e. The van der Waals surface area contributed by atoms with Crippen LogP contribution in [0.2, 0.25) is 0 Å². The van der Waals surface area contributed by atoms with Crippen LogP contribution < -0.4 is 5.49 Å². The highest BCUT2D eigenvalue weighted by Gasteiger charge is 2.06. The third kappa shape index (κ3) is 1.64. The maximum Gasteiger partial charge on any atom is 0.173 e. The Morgan fingerprint density at radius 1 is 1.28 bits per heavy atom. The number of aromatic amines is 1. The number of imidazole rings is 1. The Labute approximate surface area is 102 Å². The number of benzene rings is 1. The first-order chi connectivity index (χ1) is 8.75. The second-order valence-corrected chi connectivity index (χ2v) is 3.95. The van der Waals surface area contributed by atoms with Crippen molar-refractivity contribution < 1.29 is 5.11 Å². The van der Waals surface area contributed by atoms with Gasteiger partial charge in [-0.25, -0.2) is 9.97 Å². The van der Waals surface area contributed by atoms with Crippen molar-refractivity contribution in [3.8, 4) is 5.75 Å². The number of H-pyrrole nitrogens is 1. The third-order valence-electron chi connectivity index (χ3n) is 2.79. The molecular formula is C12H11N5O. The molecule has 3 rings (SSSR count). The van der Waals surface area contributed by atoms with Crippen LogP contribution in [0.4, 0.5) is 0 Å². The number of hydrogen-bond acceptors (Lipinski definition) is 4. The standard InChI is InChI=1S/C12H11N5O/c13-11-10-12(15-6-14-10)17(7-16-11)5-8-3-1-2-4-9(8)18/h1-4,6-7,13,18H,5H2,(H,14,15). The van der Waals surface area contributed by atoms with E-state index in [0.29, 0.717) is 17.7 Å². The Morgan fingerprint density at radius 2 is 2.11 bits per heavy atom. The monoisotopic (exact) mass is 241 g/mol. The Hall–Kier alpha value is -2.63. The van der Waals surface area contributed by atoms with E-state index < -0.39 is 0 Å². The summed E-state index contributed by atoms with van der Waals surface area (Å²) >= 11 is 0. The van der Waals surface area contributed by atoms with Gasteiger partial charge in [-0.3, -0.25) is 5.41 Å². The zero-order valence-electron chi connectivity index (χ0n) is 9.46. The van der Waals surface area contributed by atoms with Gasteiger partial charge in [0.25, 0.3) is 0 Å². The highest BCUT2D eigenvalue weighted by atomic mass is 16.3. The molecule has 0 saturated carbocycles. The van der Waals surface area contributed by atoms with E-state index in [0.717, 1.165) is 5.56 Å². The lowest BCUT2D eigenvalue weighted by atomic mass is 10.2. The fraction of sp³-hybridized carbons (Fsp3) is 0.0833. The molecule has 0 unspecified atom stereocenters. The van der Waals surface area contributed by atoms with E-state index in [2.05, 4.69) is 15.0 Å². The zero-order chi connectivity index (χ0) is 12.5. The van der Waals surface area contributed by atoms with Crippen molar-refractivity contribution in [2.45, 2.75) is 6.54 Å². The van der Waals surface area contributed by atoms with Crippen LogP contribution >= 0.6 is 0 Å². The minimum atomic E-state index is 0.163. The Kier molecular flexibility index (Phi) is 2.33. The first kappa shape index (κ1) is 10.5. The Morgan fingerprint density at radius 3 is 2.94 bits per heavy atom. The number of para-hydroxylation sites is 1. The summed E-state index contributed by atoms with van der Waals surface area (Å²) in [6, 6.07) is 7.13. The Bertz CT molecular complexity index is 758. The molecule has 3 aromatic rings. The predicted molar refractivity (Wildman–Crippen MR) is 64.9 cm³/mol. The van der Waals surface area contributed by atoms with E-state index in [1.165, 1.54) is 6.33 Å². The summed E-state index contributed by atoms with van der Waals surface area (Å²) in [6.07, 6.45) is 3.09. The SMILES string of the molecule is N=c1ncn(Cc2ccccc2O)c2nc[nH]c12. The fourth-order valence-electron chi connectivity index (χ4n) is 1.87. The van der Waals surface area contributed by atoms with Gasteiger partial charge < -0.3 is 14.7 Å². The largest absolute Gasteiger partial charge is 0.508 e. The van der Waals surface area contributed by atoms with E-state index in [-0.39, 0.29) is 11.2 Å². The number of aromatic hydroxyl groups is 1. The molecule has 0 atom stereocenters. The third-order valence-corrected chi connectivity index (χ3v) is 2.79. The van der Waals surface area contributed by atoms with E-state index in [4.69, 9.17) is 5.41 Å². The molecule has 3 N–H and O–H groups in total. The highest BCUT2D eigenvalue weighted by Crippen LogP contribution is 2.17. The molecule has 0 bridgehead atoms. The topological polar surface area (TPSA) is 90.6 Å². The second-order valence-electron chi connectivity index (χ2n) is 3.95. The summed E-state index contributed by atoms with van der Waals surface area (Å²) in [7, 11) is 0. The predicted octanol–water partition coefficient (Wildman–Crippen LogP) is 0.993. The molecule has 0 amide bonds. The molecule has 2 aromatic heterocycles. The molecule has 0 aliphatic rings. The number of aromatic nitrogens is 4. The van der Waals surface area contributed by atoms with Gasteiger partial charge in [-0.05, 0) is 6.07 Å². The van der Waals surface area contributed by atoms with Gasteiger partial charge in [0.15, 0.2) is 11.1 Å². The van der Waals surface area contributed by atoms with Crippen LogP contribution in [0, 0.1) is 5.41 Å². The van der Waals surface area contributed by atoms with E-state index >= 15 is 0 Å². The number of fused-ring (bicyclic) bond motifs is 1. The zero-order valence-corrected chi connectivity index (χ0v) is 9.46. The molecule has 0 saturated heterocycles. The summed E-state index contributed by atoms with van der Waals surface area (Å²) in [5, 5.41) is 17.4. The van der Waals surface area contributed by atoms with Crippen molar-refractivity contribution in [2.24, 2.45) is 0 Å². The summed E-state index contributed by atoms with van der Waals surface area (Å²) < 4.78 is 1.79. The number of nitrogens with zero attached hydrogens (tertiary/aromatic N) is 3. The molecule has 6 heteroatoms. The lowest BCUT2D eigenvalue weighted by molar-refractivity contribution is 0.466. The minimum absolute atomic E-state index is 0.163. The van der Waals surface area contributed by atoms with Crippen LogP contribution in [-0.2, 0) is 6.54 Å². The van der Waals surface area contributed by atoms with Crippen LogP contribution in [0.5, 0.6) is 5.75 Å². The lowest BCUT2D eigenvalue weighted by Crippen LogP contribution is -2.13. The molecular weight excluding hydrogens is 230 g/mol. The normalized spacial score (nSPS) is 10.9. The van der Waals surface area contributed by atoms with Gasteiger partial charge in [0.2, 0.25) is 0 Å². The van der Waals surface area contributed by atoms with Crippen LogP contribution in [0.15, 0.2) is 36.9 Å². The van der Waals surface area contributed by atoms with Crippen molar-refractivity contribution in [3.05, 3.63) is 48.0 Å². The molecule has 0 radical (unpaired) electrons. The summed E-state index contributed by atoms with van der Waals surface area (Å²) in [4.78, 5) is 11.0. The van der Waals surface area contributed by atoms with Gasteiger partial charge in [-0.1, -0.05) is 18.2 Å². The average Bonchev–Trinajstić information content (AvgIpc) is 2.85. The van der Waals surface area contributed by atoms with Gasteiger partial charge >= 0.3 is 0 Å². The van der Waals surface area contributed by atoms with Crippen molar-refractivity contribution in [2.75, 3.05) is 0 Å². The molecule has 90 valence electrons. The molecule has 6 nitrogen and oxygen atoms in total. The molecule has 2 heterocycles. The molecule has 0 spiro atoms. The highest BCUT2D eigenvalue weighted by molar-refractivity contribution is 5.68. The van der Waals surface area contributed by atoms with Gasteiger partial charge in [-0.15, -0.1) is 0 Å². The van der Waals surface area contributed by atoms with Gasteiger partial charge in [0.05, 0.1) is 19.2 Å². The quantitative estimate of drug-likeness (QED) is 0.625. The van der Waals surface area contributed by atoms with Gasteiger partial charge in [0, 0.05) is 5.56 Å². The van der Waals surface area contributed by atoms with Gasteiger partial charge in [-0.2, -0.15) is 0 Å².